The SMILES string of the molecule is N#Cc1c(Cl)[nH]c2c(F)cccc12. The second-order valence-corrected chi connectivity index (χ2v) is 2.97. The Balaban J connectivity index is 2.96. The molecule has 0 aliphatic carbocycles. The van der Waals surface area contributed by atoms with Crippen molar-refractivity contribution in [2.45, 2.75) is 0 Å². The summed E-state index contributed by atoms with van der Waals surface area (Å²) in [5.41, 5.74) is 0.570. The quantitative estimate of drug-likeness (QED) is 0.688. The number of rotatable bonds is 0. The average molecular weight is 195 g/mol. The summed E-state index contributed by atoms with van der Waals surface area (Å²) in [5.74, 6) is -0.402. The molecule has 13 heavy (non-hydrogen) atoms. The maximum absolute atomic E-state index is 13.1. The van der Waals surface area contributed by atoms with Gasteiger partial charge >= 0.3 is 0 Å². The number of para-hydroxylation sites is 1. The van der Waals surface area contributed by atoms with Crippen molar-refractivity contribution in [3.8, 4) is 6.07 Å². The van der Waals surface area contributed by atoms with E-state index in [1.807, 2.05) is 6.07 Å². The molecule has 0 amide bonds. The van der Waals surface area contributed by atoms with Gasteiger partial charge in [0.25, 0.3) is 0 Å². The number of nitriles is 1. The number of nitrogens with zero attached hydrogens (tertiary/aromatic N) is 1. The van der Waals surface area contributed by atoms with E-state index in [2.05, 4.69) is 4.98 Å². The van der Waals surface area contributed by atoms with Gasteiger partial charge in [-0.3, -0.25) is 0 Å². The molecule has 0 aliphatic heterocycles. The number of nitrogens with one attached hydrogen (secondary N) is 1. The molecule has 64 valence electrons. The van der Waals surface area contributed by atoms with Crippen molar-refractivity contribution >= 4 is 22.5 Å². The van der Waals surface area contributed by atoms with E-state index in [-0.39, 0.29) is 16.2 Å². The number of H-pyrrole nitrogens is 1. The second-order valence-electron chi connectivity index (χ2n) is 2.59. The molecule has 4 heteroatoms. The molecule has 0 spiro atoms. The molecular weight excluding hydrogens is 191 g/mol. The van der Waals surface area contributed by atoms with E-state index in [0.717, 1.165) is 0 Å². The van der Waals surface area contributed by atoms with Crippen LogP contribution in [-0.2, 0) is 0 Å². The van der Waals surface area contributed by atoms with Crippen LogP contribution in [-0.4, -0.2) is 4.98 Å². The smallest absolute Gasteiger partial charge is 0.147 e. The van der Waals surface area contributed by atoms with Crippen LogP contribution < -0.4 is 0 Å². The molecule has 0 aliphatic rings. The van der Waals surface area contributed by atoms with Gasteiger partial charge < -0.3 is 4.98 Å². The zero-order valence-corrected chi connectivity index (χ0v) is 7.19. The fourth-order valence-corrected chi connectivity index (χ4v) is 1.50. The van der Waals surface area contributed by atoms with E-state index in [1.165, 1.54) is 6.07 Å². The normalized spacial score (nSPS) is 10.2. The first-order chi connectivity index (χ1) is 6.24. The number of halogens is 2. The van der Waals surface area contributed by atoms with Crippen LogP contribution in [0.25, 0.3) is 10.9 Å². The van der Waals surface area contributed by atoms with E-state index < -0.39 is 5.82 Å². The van der Waals surface area contributed by atoms with Gasteiger partial charge in [0.15, 0.2) is 0 Å². The second kappa shape index (κ2) is 2.75. The highest BCUT2D eigenvalue weighted by Gasteiger charge is 2.11. The van der Waals surface area contributed by atoms with E-state index in [0.29, 0.717) is 5.39 Å². The number of fused-ring (bicyclic) bond motifs is 1. The van der Waals surface area contributed by atoms with Crippen LogP contribution in [0.5, 0.6) is 0 Å². The van der Waals surface area contributed by atoms with Gasteiger partial charge in [0.05, 0.1) is 11.1 Å². The lowest BCUT2D eigenvalue weighted by Gasteiger charge is -1.89. The largest absolute Gasteiger partial charge is 0.342 e. The van der Waals surface area contributed by atoms with Gasteiger partial charge in [-0.25, -0.2) is 4.39 Å². The molecular formula is C9H4ClFN2. The molecule has 0 unspecified atom stereocenters. The number of hydrogen-bond donors (Lipinski definition) is 1. The highest BCUT2D eigenvalue weighted by Crippen LogP contribution is 2.26. The van der Waals surface area contributed by atoms with E-state index in [1.54, 1.807) is 12.1 Å². The van der Waals surface area contributed by atoms with Crippen molar-refractivity contribution in [2.75, 3.05) is 0 Å². The molecule has 2 rings (SSSR count). The Bertz CT molecular complexity index is 510. The van der Waals surface area contributed by atoms with E-state index in [9.17, 15) is 4.39 Å². The van der Waals surface area contributed by atoms with Crippen molar-refractivity contribution in [3.05, 3.63) is 34.7 Å². The zero-order valence-electron chi connectivity index (χ0n) is 6.44. The van der Waals surface area contributed by atoms with E-state index in [4.69, 9.17) is 16.9 Å². The lowest BCUT2D eigenvalue weighted by atomic mass is 10.2. The van der Waals surface area contributed by atoms with Crippen LogP contribution in [0.3, 0.4) is 0 Å². The Hall–Kier alpha value is -1.53. The monoisotopic (exact) mass is 194 g/mol. The van der Waals surface area contributed by atoms with Crippen molar-refractivity contribution in [1.29, 1.82) is 5.26 Å². The van der Waals surface area contributed by atoms with Crippen molar-refractivity contribution in [2.24, 2.45) is 0 Å². The summed E-state index contributed by atoms with van der Waals surface area (Å²) in [6.07, 6.45) is 0. The summed E-state index contributed by atoms with van der Waals surface area (Å²) >= 11 is 5.70. The minimum absolute atomic E-state index is 0.183. The summed E-state index contributed by atoms with van der Waals surface area (Å²) in [4.78, 5) is 2.61. The Morgan fingerprint density at radius 3 is 2.92 bits per heavy atom. The molecule has 0 fully saturated rings. The molecule has 0 saturated carbocycles. The van der Waals surface area contributed by atoms with Crippen LogP contribution in [0.1, 0.15) is 5.56 Å². The lowest BCUT2D eigenvalue weighted by Crippen LogP contribution is -1.75. The first-order valence-electron chi connectivity index (χ1n) is 3.60. The summed E-state index contributed by atoms with van der Waals surface area (Å²) in [7, 11) is 0. The third-order valence-electron chi connectivity index (χ3n) is 1.85. The maximum atomic E-state index is 13.1. The molecule has 1 heterocycles. The van der Waals surface area contributed by atoms with Gasteiger partial charge in [-0.1, -0.05) is 23.7 Å². The lowest BCUT2D eigenvalue weighted by molar-refractivity contribution is 0.637. The summed E-state index contributed by atoms with van der Waals surface area (Å²) in [6.45, 7) is 0. The molecule has 0 radical (unpaired) electrons. The predicted octanol–water partition coefficient (Wildman–Crippen LogP) is 2.83. The van der Waals surface area contributed by atoms with Gasteiger partial charge in [0.2, 0.25) is 0 Å². The molecule has 1 aromatic carbocycles. The maximum Gasteiger partial charge on any atom is 0.147 e. The van der Waals surface area contributed by atoms with Gasteiger partial charge in [-0.15, -0.1) is 0 Å². The number of benzene rings is 1. The summed E-state index contributed by atoms with van der Waals surface area (Å²) in [5, 5.41) is 9.42. The zero-order chi connectivity index (χ0) is 9.42. The topological polar surface area (TPSA) is 39.6 Å². The molecule has 0 atom stereocenters. The summed E-state index contributed by atoms with van der Waals surface area (Å²) < 4.78 is 13.1. The standard InChI is InChI=1S/C9H4ClFN2/c10-9-6(4-12)5-2-1-3-7(11)8(5)13-9/h1-3,13H. The molecule has 1 N–H and O–H groups in total. The average Bonchev–Trinajstić information content (AvgIpc) is 2.43. The molecule has 0 bridgehead atoms. The molecule has 2 aromatic rings. The van der Waals surface area contributed by atoms with Gasteiger partial charge in [0.1, 0.15) is 17.0 Å². The highest BCUT2D eigenvalue weighted by atomic mass is 35.5. The van der Waals surface area contributed by atoms with Crippen molar-refractivity contribution < 1.29 is 4.39 Å². The predicted molar refractivity (Wildman–Crippen MR) is 48.0 cm³/mol. The van der Waals surface area contributed by atoms with Crippen molar-refractivity contribution in [1.82, 2.24) is 4.98 Å². The number of aromatic nitrogens is 1. The van der Waals surface area contributed by atoms with E-state index >= 15 is 0 Å². The minimum atomic E-state index is -0.402. The number of hydrogen-bond acceptors (Lipinski definition) is 1. The van der Waals surface area contributed by atoms with Gasteiger partial charge in [-0.05, 0) is 6.07 Å². The first-order valence-corrected chi connectivity index (χ1v) is 3.97. The Labute approximate surface area is 78.5 Å². The Morgan fingerprint density at radius 2 is 2.23 bits per heavy atom. The Morgan fingerprint density at radius 1 is 1.46 bits per heavy atom. The van der Waals surface area contributed by atoms with Crippen molar-refractivity contribution in [3.63, 3.8) is 0 Å². The fraction of sp³-hybridized carbons (Fsp3) is 0. The van der Waals surface area contributed by atoms with Crippen LogP contribution in [0.15, 0.2) is 18.2 Å². The Kier molecular flexibility index (Phi) is 1.71. The van der Waals surface area contributed by atoms with Crippen LogP contribution in [0.2, 0.25) is 5.15 Å². The molecule has 1 aromatic heterocycles. The summed E-state index contributed by atoms with van der Waals surface area (Å²) in [6, 6.07) is 6.43. The van der Waals surface area contributed by atoms with Crippen LogP contribution in [0, 0.1) is 17.1 Å². The minimum Gasteiger partial charge on any atom is -0.342 e. The third kappa shape index (κ3) is 1.07. The molecule has 0 saturated heterocycles. The molecule has 2 nitrogen and oxygen atoms in total. The van der Waals surface area contributed by atoms with Crippen LogP contribution >= 0.6 is 11.6 Å². The first kappa shape index (κ1) is 8.09. The van der Waals surface area contributed by atoms with Crippen LogP contribution in [0.4, 0.5) is 4.39 Å². The fourth-order valence-electron chi connectivity index (χ4n) is 1.26. The third-order valence-corrected chi connectivity index (χ3v) is 2.13. The number of aromatic amines is 1. The van der Waals surface area contributed by atoms with Gasteiger partial charge in [0, 0.05) is 5.39 Å². The van der Waals surface area contributed by atoms with Gasteiger partial charge in [-0.2, -0.15) is 5.26 Å². The highest BCUT2D eigenvalue weighted by molar-refractivity contribution is 6.32.